The van der Waals surface area contributed by atoms with Gasteiger partial charge in [0.25, 0.3) is 0 Å². The highest BCUT2D eigenvalue weighted by atomic mass is 16.7. The third-order valence-electron chi connectivity index (χ3n) is 3.74. The van der Waals surface area contributed by atoms with Crippen LogP contribution in [0.1, 0.15) is 39.0 Å². The number of rotatable bonds is 4. The Morgan fingerprint density at radius 2 is 1.94 bits per heavy atom. The molecule has 4 heteroatoms. The van der Waals surface area contributed by atoms with Gasteiger partial charge in [0.1, 0.15) is 0 Å². The van der Waals surface area contributed by atoms with Crippen molar-refractivity contribution in [2.75, 3.05) is 19.8 Å². The number of hydrogen-bond donors (Lipinski definition) is 1. The van der Waals surface area contributed by atoms with Gasteiger partial charge in [0.2, 0.25) is 5.91 Å². The summed E-state index contributed by atoms with van der Waals surface area (Å²) in [6.07, 6.45) is 4.49. The van der Waals surface area contributed by atoms with Crippen molar-refractivity contribution in [3.05, 3.63) is 12.2 Å². The van der Waals surface area contributed by atoms with Gasteiger partial charge in [-0.15, -0.1) is 0 Å². The Morgan fingerprint density at radius 1 is 1.33 bits per heavy atom. The van der Waals surface area contributed by atoms with Crippen molar-refractivity contribution in [2.24, 2.45) is 5.92 Å². The Labute approximate surface area is 109 Å². The van der Waals surface area contributed by atoms with E-state index in [-0.39, 0.29) is 11.7 Å². The van der Waals surface area contributed by atoms with Gasteiger partial charge in [-0.1, -0.05) is 12.2 Å². The molecule has 4 nitrogen and oxygen atoms in total. The van der Waals surface area contributed by atoms with E-state index in [4.69, 9.17) is 9.47 Å². The fourth-order valence-electron chi connectivity index (χ4n) is 2.69. The van der Waals surface area contributed by atoms with Gasteiger partial charge in [-0.2, -0.15) is 0 Å². The number of ether oxygens (including phenoxy) is 2. The highest BCUT2D eigenvalue weighted by Crippen LogP contribution is 2.39. The van der Waals surface area contributed by atoms with Gasteiger partial charge < -0.3 is 14.8 Å². The molecule has 0 atom stereocenters. The van der Waals surface area contributed by atoms with Gasteiger partial charge in [-0.25, -0.2) is 0 Å². The summed E-state index contributed by atoms with van der Waals surface area (Å²) >= 11 is 0. The van der Waals surface area contributed by atoms with Gasteiger partial charge in [-0.05, 0) is 25.7 Å². The molecule has 0 aromatic heterocycles. The van der Waals surface area contributed by atoms with E-state index in [1.165, 1.54) is 0 Å². The second kappa shape index (κ2) is 5.85. The molecule has 1 heterocycles. The molecule has 0 unspecified atom stereocenters. The van der Waals surface area contributed by atoms with Crippen LogP contribution in [0.2, 0.25) is 0 Å². The van der Waals surface area contributed by atoms with Crippen LogP contribution in [0.15, 0.2) is 12.2 Å². The van der Waals surface area contributed by atoms with E-state index in [1.807, 2.05) is 6.92 Å². The zero-order valence-corrected chi connectivity index (χ0v) is 11.2. The second-order valence-electron chi connectivity index (χ2n) is 5.49. The fourth-order valence-corrected chi connectivity index (χ4v) is 2.69. The highest BCUT2D eigenvalue weighted by molar-refractivity contribution is 5.76. The minimum Gasteiger partial charge on any atom is -0.352 e. The Hall–Kier alpha value is -0.870. The van der Waals surface area contributed by atoms with Crippen LogP contribution in [0.25, 0.3) is 0 Å². The maximum Gasteiger partial charge on any atom is 0.220 e. The van der Waals surface area contributed by atoms with E-state index >= 15 is 0 Å². The van der Waals surface area contributed by atoms with Crippen molar-refractivity contribution in [2.45, 2.75) is 44.8 Å². The smallest absolute Gasteiger partial charge is 0.220 e. The summed E-state index contributed by atoms with van der Waals surface area (Å²) in [5, 5.41) is 2.89. The highest BCUT2D eigenvalue weighted by Gasteiger charge is 2.40. The van der Waals surface area contributed by atoms with Crippen molar-refractivity contribution in [1.82, 2.24) is 5.32 Å². The molecular weight excluding hydrogens is 230 g/mol. The summed E-state index contributed by atoms with van der Waals surface area (Å²) in [7, 11) is 0. The maximum atomic E-state index is 11.7. The van der Waals surface area contributed by atoms with Gasteiger partial charge in [0.15, 0.2) is 5.79 Å². The summed E-state index contributed by atoms with van der Waals surface area (Å²) in [4.78, 5) is 11.7. The molecular formula is C14H23NO3. The molecule has 1 saturated carbocycles. The quantitative estimate of drug-likeness (QED) is 0.780. The van der Waals surface area contributed by atoms with Crippen LogP contribution in [-0.4, -0.2) is 31.5 Å². The Morgan fingerprint density at radius 3 is 2.50 bits per heavy atom. The standard InChI is InChI=1S/C14H23NO3/c1-11(2)10-15-13(16)9-12-3-5-14(6-4-12)17-7-8-18-14/h12H,1,3-10H2,2H3,(H,15,16). The van der Waals surface area contributed by atoms with E-state index in [2.05, 4.69) is 11.9 Å². The lowest BCUT2D eigenvalue weighted by Crippen LogP contribution is -2.36. The average molecular weight is 253 g/mol. The molecule has 102 valence electrons. The largest absolute Gasteiger partial charge is 0.352 e. The van der Waals surface area contributed by atoms with Gasteiger partial charge >= 0.3 is 0 Å². The van der Waals surface area contributed by atoms with E-state index < -0.39 is 0 Å². The Bertz CT molecular complexity index is 311. The van der Waals surface area contributed by atoms with Crippen LogP contribution >= 0.6 is 0 Å². The lowest BCUT2D eigenvalue weighted by molar-refractivity contribution is -0.183. The molecule has 0 bridgehead atoms. The Kier molecular flexibility index (Phi) is 4.40. The monoisotopic (exact) mass is 253 g/mol. The lowest BCUT2D eigenvalue weighted by atomic mass is 9.83. The third kappa shape index (κ3) is 3.56. The maximum absolute atomic E-state index is 11.7. The molecule has 1 aliphatic heterocycles. The minimum absolute atomic E-state index is 0.132. The van der Waals surface area contributed by atoms with Crippen molar-refractivity contribution in [3.8, 4) is 0 Å². The lowest BCUT2D eigenvalue weighted by Gasteiger charge is -2.35. The number of hydrogen-bond acceptors (Lipinski definition) is 3. The second-order valence-corrected chi connectivity index (χ2v) is 5.49. The molecule has 1 N–H and O–H groups in total. The summed E-state index contributed by atoms with van der Waals surface area (Å²) in [6, 6.07) is 0. The van der Waals surface area contributed by atoms with Gasteiger partial charge in [0.05, 0.1) is 13.2 Å². The first-order valence-electron chi connectivity index (χ1n) is 6.79. The summed E-state index contributed by atoms with van der Waals surface area (Å²) in [5.74, 6) is 0.283. The van der Waals surface area contributed by atoms with Crippen LogP contribution in [0.3, 0.4) is 0 Å². The van der Waals surface area contributed by atoms with Crippen molar-refractivity contribution in [1.29, 1.82) is 0 Å². The fraction of sp³-hybridized carbons (Fsp3) is 0.786. The first kappa shape index (κ1) is 13.6. The first-order chi connectivity index (χ1) is 8.60. The predicted molar refractivity (Wildman–Crippen MR) is 69.0 cm³/mol. The topological polar surface area (TPSA) is 47.6 Å². The Balaban J connectivity index is 1.70. The number of carbonyl (C=O) groups excluding carboxylic acids is 1. The van der Waals surface area contributed by atoms with Gasteiger partial charge in [-0.3, -0.25) is 4.79 Å². The first-order valence-corrected chi connectivity index (χ1v) is 6.79. The number of carbonyl (C=O) groups is 1. The molecule has 2 rings (SSSR count). The molecule has 0 aromatic carbocycles. The van der Waals surface area contributed by atoms with Crippen molar-refractivity contribution >= 4 is 5.91 Å². The van der Waals surface area contributed by atoms with Crippen LogP contribution in [0.5, 0.6) is 0 Å². The minimum atomic E-state index is -0.315. The predicted octanol–water partition coefficient (Wildman–Crippen LogP) is 2.00. The van der Waals surface area contributed by atoms with Gasteiger partial charge in [0, 0.05) is 25.8 Å². The molecule has 2 aliphatic rings. The summed E-state index contributed by atoms with van der Waals surface area (Å²) < 4.78 is 11.4. The van der Waals surface area contributed by atoms with E-state index in [9.17, 15) is 4.79 Å². The summed E-state index contributed by atoms with van der Waals surface area (Å²) in [6.45, 7) is 7.70. The normalized spacial score (nSPS) is 23.2. The van der Waals surface area contributed by atoms with E-state index in [1.54, 1.807) is 0 Å². The summed E-state index contributed by atoms with van der Waals surface area (Å²) in [5.41, 5.74) is 0.985. The molecule has 1 spiro atoms. The van der Waals surface area contributed by atoms with Crippen molar-refractivity contribution in [3.63, 3.8) is 0 Å². The zero-order valence-electron chi connectivity index (χ0n) is 11.2. The van der Waals surface area contributed by atoms with E-state index in [0.29, 0.717) is 32.1 Å². The van der Waals surface area contributed by atoms with Crippen LogP contribution in [-0.2, 0) is 14.3 Å². The molecule has 0 aromatic rings. The third-order valence-corrected chi connectivity index (χ3v) is 3.74. The van der Waals surface area contributed by atoms with E-state index in [0.717, 1.165) is 31.3 Å². The molecule has 1 amide bonds. The average Bonchev–Trinajstić information content (AvgIpc) is 2.79. The molecule has 1 saturated heterocycles. The number of amides is 1. The number of nitrogens with one attached hydrogen (secondary N) is 1. The van der Waals surface area contributed by atoms with Crippen LogP contribution in [0.4, 0.5) is 0 Å². The molecule has 1 aliphatic carbocycles. The molecule has 18 heavy (non-hydrogen) atoms. The van der Waals surface area contributed by atoms with Crippen LogP contribution < -0.4 is 5.32 Å². The molecule has 2 fully saturated rings. The van der Waals surface area contributed by atoms with Crippen molar-refractivity contribution < 1.29 is 14.3 Å². The SMILES string of the molecule is C=C(C)CNC(=O)CC1CCC2(CC1)OCCO2. The zero-order chi connectivity index (χ0) is 13.0. The molecule has 0 radical (unpaired) electrons. The van der Waals surface area contributed by atoms with Crippen LogP contribution in [0, 0.1) is 5.92 Å².